The zero-order valence-corrected chi connectivity index (χ0v) is 22.1. The van der Waals surface area contributed by atoms with Crippen LogP contribution in [0.1, 0.15) is 61.9 Å². The largest absolute Gasteiger partial charge is 0.465 e. The topological polar surface area (TPSA) is 139 Å². The van der Waals surface area contributed by atoms with Gasteiger partial charge in [0.25, 0.3) is 0 Å². The molecule has 37 heavy (non-hydrogen) atoms. The molecular formula is C26H35N3O7S. The second-order valence-corrected chi connectivity index (χ2v) is 10.2. The molecule has 2 aliphatic rings. The predicted molar refractivity (Wildman–Crippen MR) is 139 cm³/mol. The lowest BCUT2D eigenvalue weighted by molar-refractivity contribution is -0.211. The number of likely N-dealkylation sites (tertiary alicyclic amines) is 2. The van der Waals surface area contributed by atoms with Crippen molar-refractivity contribution < 1.29 is 33.8 Å². The quantitative estimate of drug-likeness (QED) is 0.212. The first-order chi connectivity index (χ1) is 17.5. The van der Waals surface area contributed by atoms with Crippen molar-refractivity contribution in [1.82, 2.24) is 9.80 Å². The fraction of sp³-hybridized carbons (Fsp3) is 0.577. The van der Waals surface area contributed by atoms with E-state index in [1.165, 1.54) is 11.8 Å². The van der Waals surface area contributed by atoms with Gasteiger partial charge in [0.2, 0.25) is 12.2 Å². The number of thiocarbonyl (C=S) groups is 1. The molecule has 0 spiro atoms. The molecule has 1 aromatic carbocycles. The molecule has 2 fully saturated rings. The van der Waals surface area contributed by atoms with E-state index in [1.807, 2.05) is 0 Å². The van der Waals surface area contributed by atoms with Gasteiger partial charge >= 0.3 is 12.1 Å². The average molecular weight is 534 g/mol. The summed E-state index contributed by atoms with van der Waals surface area (Å²) in [6.45, 7) is 4.68. The van der Waals surface area contributed by atoms with Crippen LogP contribution in [0.5, 0.6) is 0 Å². The summed E-state index contributed by atoms with van der Waals surface area (Å²) in [5.41, 5.74) is 6.78. The SMILES string of the molecule is CC(=O)OC(OC1CCN(C(=O)[C@H](C)CC(=O)c2ccc(C(N)=S)cc2)CC1)C1CCCN(C(=O)O)C1. The lowest BCUT2D eigenvalue weighted by Gasteiger charge is -2.38. The summed E-state index contributed by atoms with van der Waals surface area (Å²) in [6, 6.07) is 6.72. The molecule has 11 heteroatoms. The number of hydrogen-bond acceptors (Lipinski definition) is 7. The Morgan fingerprint density at radius 3 is 2.24 bits per heavy atom. The highest BCUT2D eigenvalue weighted by molar-refractivity contribution is 7.80. The average Bonchev–Trinajstić information content (AvgIpc) is 2.88. The molecule has 10 nitrogen and oxygen atoms in total. The Bertz CT molecular complexity index is 1010. The second-order valence-electron chi connectivity index (χ2n) is 9.74. The second kappa shape index (κ2) is 13.0. The third-order valence-corrected chi connectivity index (χ3v) is 7.12. The van der Waals surface area contributed by atoms with Crippen LogP contribution in [0.4, 0.5) is 4.79 Å². The number of rotatable bonds is 9. The van der Waals surface area contributed by atoms with Crippen molar-refractivity contribution >= 4 is 41.0 Å². The van der Waals surface area contributed by atoms with E-state index in [1.54, 1.807) is 36.1 Å². The van der Waals surface area contributed by atoms with Gasteiger partial charge in [-0.1, -0.05) is 43.4 Å². The molecule has 1 aromatic rings. The number of carbonyl (C=O) groups is 4. The third kappa shape index (κ3) is 7.96. The first-order valence-corrected chi connectivity index (χ1v) is 13.0. The van der Waals surface area contributed by atoms with E-state index in [-0.39, 0.29) is 41.7 Å². The number of amides is 2. The standard InChI is InChI=1S/C26H35N3O7S/c1-16(14-22(31)18-5-7-19(8-6-18)23(27)37)24(32)28-12-9-21(10-13-28)36-25(35-17(2)30)20-4-3-11-29(15-20)26(33)34/h5-8,16,20-21,25H,3-4,9-15H2,1-2H3,(H2,27,37)(H,33,34)/t16-,20?,25?/m1/s1. The molecule has 0 aliphatic carbocycles. The van der Waals surface area contributed by atoms with Gasteiger partial charge in [-0.2, -0.15) is 0 Å². The Hall–Kier alpha value is -3.05. The summed E-state index contributed by atoms with van der Waals surface area (Å²) in [5, 5.41) is 9.33. The molecule has 3 atom stereocenters. The highest BCUT2D eigenvalue weighted by Crippen LogP contribution is 2.27. The van der Waals surface area contributed by atoms with Gasteiger partial charge in [-0.05, 0) is 25.7 Å². The maximum absolute atomic E-state index is 13.0. The molecule has 202 valence electrons. The first-order valence-electron chi connectivity index (χ1n) is 12.6. The Balaban J connectivity index is 1.51. The van der Waals surface area contributed by atoms with Crippen molar-refractivity contribution in [2.24, 2.45) is 17.6 Å². The first kappa shape index (κ1) is 28.5. The Labute approximate surface area is 222 Å². The molecule has 0 radical (unpaired) electrons. The molecule has 2 unspecified atom stereocenters. The summed E-state index contributed by atoms with van der Waals surface area (Å²) in [7, 11) is 0. The minimum Gasteiger partial charge on any atom is -0.465 e. The number of hydrogen-bond donors (Lipinski definition) is 2. The minimum atomic E-state index is -0.998. The summed E-state index contributed by atoms with van der Waals surface area (Å²) in [6.07, 6.45) is 0.527. The molecule has 3 rings (SSSR count). The predicted octanol–water partition coefficient (Wildman–Crippen LogP) is 2.82. The van der Waals surface area contributed by atoms with Crippen LogP contribution in [-0.2, 0) is 19.1 Å². The van der Waals surface area contributed by atoms with Crippen molar-refractivity contribution in [1.29, 1.82) is 0 Å². The van der Waals surface area contributed by atoms with Crippen molar-refractivity contribution in [2.45, 2.75) is 58.3 Å². The highest BCUT2D eigenvalue weighted by Gasteiger charge is 2.35. The Morgan fingerprint density at radius 1 is 1.05 bits per heavy atom. The highest BCUT2D eigenvalue weighted by atomic mass is 32.1. The normalized spacial score (nSPS) is 20.1. The van der Waals surface area contributed by atoms with Gasteiger partial charge in [0, 0.05) is 62.5 Å². The van der Waals surface area contributed by atoms with Crippen molar-refractivity contribution in [3.05, 3.63) is 35.4 Å². The Morgan fingerprint density at radius 2 is 1.68 bits per heavy atom. The van der Waals surface area contributed by atoms with Crippen LogP contribution in [0.2, 0.25) is 0 Å². The van der Waals surface area contributed by atoms with E-state index in [9.17, 15) is 24.3 Å². The maximum Gasteiger partial charge on any atom is 0.407 e. The van der Waals surface area contributed by atoms with Gasteiger partial charge in [-0.15, -0.1) is 0 Å². The Kier molecular flexibility index (Phi) is 9.99. The maximum atomic E-state index is 13.0. The van der Waals surface area contributed by atoms with Crippen LogP contribution < -0.4 is 5.73 Å². The molecule has 0 bridgehead atoms. The van der Waals surface area contributed by atoms with Crippen molar-refractivity contribution in [3.63, 3.8) is 0 Å². The fourth-order valence-corrected chi connectivity index (χ4v) is 4.96. The lowest BCUT2D eigenvalue weighted by Crippen LogP contribution is -2.48. The van der Waals surface area contributed by atoms with Gasteiger partial charge in [0.05, 0.1) is 6.10 Å². The summed E-state index contributed by atoms with van der Waals surface area (Å²) < 4.78 is 11.6. The molecule has 2 aliphatic heterocycles. The van der Waals surface area contributed by atoms with Crippen LogP contribution in [0.25, 0.3) is 0 Å². The molecule has 3 N–H and O–H groups in total. The third-order valence-electron chi connectivity index (χ3n) is 6.88. The fourth-order valence-electron chi connectivity index (χ4n) is 4.82. The number of benzene rings is 1. The summed E-state index contributed by atoms with van der Waals surface area (Å²) in [5.74, 6) is -1.41. The van der Waals surface area contributed by atoms with Crippen molar-refractivity contribution in [3.8, 4) is 0 Å². The van der Waals surface area contributed by atoms with Crippen LogP contribution in [-0.4, -0.2) is 82.2 Å². The number of esters is 1. The van der Waals surface area contributed by atoms with Crippen LogP contribution in [0, 0.1) is 11.8 Å². The summed E-state index contributed by atoms with van der Waals surface area (Å²) in [4.78, 5) is 52.0. The zero-order valence-electron chi connectivity index (χ0n) is 21.3. The van der Waals surface area contributed by atoms with Gasteiger partial charge in [0.1, 0.15) is 4.99 Å². The van der Waals surface area contributed by atoms with Gasteiger partial charge in [-0.3, -0.25) is 14.4 Å². The van der Waals surface area contributed by atoms with Crippen molar-refractivity contribution in [2.75, 3.05) is 26.2 Å². The number of piperidine rings is 2. The zero-order chi connectivity index (χ0) is 27.1. The molecule has 2 heterocycles. The number of ether oxygens (including phenoxy) is 2. The van der Waals surface area contributed by atoms with E-state index in [0.717, 1.165) is 0 Å². The van der Waals surface area contributed by atoms with Gasteiger partial charge in [0.15, 0.2) is 5.78 Å². The number of nitrogens with zero attached hydrogens (tertiary/aromatic N) is 2. The smallest absolute Gasteiger partial charge is 0.407 e. The van der Waals surface area contributed by atoms with Gasteiger partial charge in [-0.25, -0.2) is 4.79 Å². The molecule has 0 aromatic heterocycles. The number of Topliss-reactive ketones (excluding diaryl/α,β-unsaturated/α-hetero) is 1. The van der Waals surface area contributed by atoms with Crippen LogP contribution >= 0.6 is 12.2 Å². The number of carbonyl (C=O) groups excluding carboxylic acids is 3. The number of carboxylic acid groups (broad SMARTS) is 1. The molecule has 2 amide bonds. The summed E-state index contributed by atoms with van der Waals surface area (Å²) >= 11 is 4.93. The number of ketones is 1. The number of nitrogens with two attached hydrogens (primary N) is 1. The van der Waals surface area contributed by atoms with E-state index in [2.05, 4.69) is 0 Å². The van der Waals surface area contributed by atoms with E-state index in [0.29, 0.717) is 56.4 Å². The minimum absolute atomic E-state index is 0.0903. The van der Waals surface area contributed by atoms with E-state index in [4.69, 9.17) is 27.4 Å². The van der Waals surface area contributed by atoms with E-state index < -0.39 is 24.3 Å². The van der Waals surface area contributed by atoms with Crippen LogP contribution in [0.15, 0.2) is 24.3 Å². The molecule has 0 saturated carbocycles. The van der Waals surface area contributed by atoms with Crippen LogP contribution in [0.3, 0.4) is 0 Å². The molecule has 2 saturated heterocycles. The monoisotopic (exact) mass is 533 g/mol. The van der Waals surface area contributed by atoms with E-state index >= 15 is 0 Å². The van der Waals surface area contributed by atoms with Gasteiger partial charge < -0.3 is 30.1 Å². The lowest BCUT2D eigenvalue weighted by atomic mass is 9.96. The molecular weight excluding hydrogens is 498 g/mol.